The molecule has 0 unspecified atom stereocenters. The smallest absolute Gasteiger partial charge is 0.374 e. The van der Waals surface area contributed by atoms with Gasteiger partial charge in [-0.25, -0.2) is 4.79 Å². The number of carbonyl (C=O) groups is 1. The fourth-order valence-electron chi connectivity index (χ4n) is 2.71. The SMILES string of the molecule is CC(C)OC(=O)c1ccc(COc2ccc3occ(-c4ccco4)c3c2)o1. The number of rotatable bonds is 6. The van der Waals surface area contributed by atoms with Gasteiger partial charge in [0, 0.05) is 5.39 Å². The molecular weight excluding hydrogens is 348 g/mol. The van der Waals surface area contributed by atoms with Crippen molar-refractivity contribution in [3.8, 4) is 17.1 Å². The summed E-state index contributed by atoms with van der Waals surface area (Å²) in [5.41, 5.74) is 1.60. The Balaban J connectivity index is 1.49. The zero-order valence-electron chi connectivity index (χ0n) is 14.9. The van der Waals surface area contributed by atoms with E-state index in [0.717, 1.165) is 22.3 Å². The van der Waals surface area contributed by atoms with Crippen molar-refractivity contribution in [2.75, 3.05) is 0 Å². The molecule has 0 N–H and O–H groups in total. The molecule has 138 valence electrons. The van der Waals surface area contributed by atoms with Gasteiger partial charge in [-0.05, 0) is 56.3 Å². The van der Waals surface area contributed by atoms with Crippen LogP contribution in [0.1, 0.15) is 30.2 Å². The van der Waals surface area contributed by atoms with E-state index in [4.69, 9.17) is 22.7 Å². The highest BCUT2D eigenvalue weighted by Gasteiger charge is 2.15. The lowest BCUT2D eigenvalue weighted by atomic mass is 10.1. The molecular formula is C21H18O6. The Labute approximate surface area is 155 Å². The van der Waals surface area contributed by atoms with Gasteiger partial charge in [-0.3, -0.25) is 0 Å². The number of carbonyl (C=O) groups excluding carboxylic acids is 1. The summed E-state index contributed by atoms with van der Waals surface area (Å²) in [7, 11) is 0. The summed E-state index contributed by atoms with van der Waals surface area (Å²) < 4.78 is 27.4. The highest BCUT2D eigenvalue weighted by atomic mass is 16.6. The van der Waals surface area contributed by atoms with Crippen molar-refractivity contribution in [3.05, 3.63) is 66.5 Å². The number of furan rings is 3. The first-order valence-corrected chi connectivity index (χ1v) is 8.58. The van der Waals surface area contributed by atoms with Crippen LogP contribution in [0.4, 0.5) is 0 Å². The van der Waals surface area contributed by atoms with Crippen molar-refractivity contribution < 1.29 is 27.5 Å². The first-order valence-electron chi connectivity index (χ1n) is 8.58. The average Bonchev–Trinajstić information content (AvgIpc) is 3.38. The normalized spacial score (nSPS) is 11.2. The lowest BCUT2D eigenvalue weighted by Gasteiger charge is -2.06. The lowest BCUT2D eigenvalue weighted by molar-refractivity contribution is 0.0337. The van der Waals surface area contributed by atoms with Gasteiger partial charge in [0.2, 0.25) is 5.76 Å². The molecule has 0 spiro atoms. The van der Waals surface area contributed by atoms with Crippen molar-refractivity contribution in [2.24, 2.45) is 0 Å². The number of hydrogen-bond acceptors (Lipinski definition) is 6. The third-order valence-electron chi connectivity index (χ3n) is 3.92. The lowest BCUT2D eigenvalue weighted by Crippen LogP contribution is -2.10. The molecule has 0 atom stereocenters. The van der Waals surface area contributed by atoms with Crippen LogP contribution in [0.25, 0.3) is 22.3 Å². The molecule has 0 aliphatic rings. The van der Waals surface area contributed by atoms with E-state index in [1.807, 2.05) is 30.3 Å². The molecule has 0 aliphatic heterocycles. The molecule has 4 rings (SSSR count). The third-order valence-corrected chi connectivity index (χ3v) is 3.92. The predicted octanol–water partition coefficient (Wildman–Crippen LogP) is 5.43. The second-order valence-electron chi connectivity index (χ2n) is 6.29. The second-order valence-corrected chi connectivity index (χ2v) is 6.29. The molecule has 6 nitrogen and oxygen atoms in total. The summed E-state index contributed by atoms with van der Waals surface area (Å²) in [5.74, 6) is 1.58. The van der Waals surface area contributed by atoms with Gasteiger partial charge in [0.15, 0.2) is 0 Å². The van der Waals surface area contributed by atoms with Crippen LogP contribution in [-0.4, -0.2) is 12.1 Å². The fourth-order valence-corrected chi connectivity index (χ4v) is 2.71. The molecule has 0 bridgehead atoms. The average molecular weight is 366 g/mol. The quantitative estimate of drug-likeness (QED) is 0.424. The molecule has 0 radical (unpaired) electrons. The number of ether oxygens (including phenoxy) is 2. The largest absolute Gasteiger partial charge is 0.486 e. The fraction of sp³-hybridized carbons (Fsp3) is 0.190. The standard InChI is InChI=1S/C21H18O6/c1-13(2)26-21(22)20-8-6-15(27-20)11-24-14-5-7-19-16(10-14)17(12-25-19)18-4-3-9-23-18/h3-10,12-13H,11H2,1-2H3. The van der Waals surface area contributed by atoms with Crippen molar-refractivity contribution in [1.29, 1.82) is 0 Å². The number of hydrogen-bond donors (Lipinski definition) is 0. The van der Waals surface area contributed by atoms with Gasteiger partial charge in [0.05, 0.1) is 17.9 Å². The van der Waals surface area contributed by atoms with Gasteiger partial charge in [-0.1, -0.05) is 0 Å². The highest BCUT2D eigenvalue weighted by molar-refractivity contribution is 5.93. The van der Waals surface area contributed by atoms with Crippen LogP contribution >= 0.6 is 0 Å². The van der Waals surface area contributed by atoms with Gasteiger partial charge in [-0.2, -0.15) is 0 Å². The second kappa shape index (κ2) is 7.07. The zero-order valence-corrected chi connectivity index (χ0v) is 14.9. The van der Waals surface area contributed by atoms with E-state index in [-0.39, 0.29) is 18.5 Å². The van der Waals surface area contributed by atoms with Gasteiger partial charge >= 0.3 is 5.97 Å². The van der Waals surface area contributed by atoms with Gasteiger partial charge in [0.1, 0.15) is 35.7 Å². The van der Waals surface area contributed by atoms with Crippen LogP contribution in [0.5, 0.6) is 5.75 Å². The third kappa shape index (κ3) is 3.60. The Morgan fingerprint density at radius 3 is 2.78 bits per heavy atom. The van der Waals surface area contributed by atoms with E-state index in [2.05, 4.69) is 0 Å². The molecule has 3 heterocycles. The van der Waals surface area contributed by atoms with Crippen LogP contribution in [-0.2, 0) is 11.3 Å². The maximum Gasteiger partial charge on any atom is 0.374 e. The van der Waals surface area contributed by atoms with Crippen LogP contribution in [0.15, 0.2) is 68.2 Å². The first kappa shape index (κ1) is 17.0. The minimum absolute atomic E-state index is 0.160. The van der Waals surface area contributed by atoms with Gasteiger partial charge in [0.25, 0.3) is 0 Å². The Bertz CT molecular complexity index is 1050. The zero-order chi connectivity index (χ0) is 18.8. The van der Waals surface area contributed by atoms with E-state index < -0.39 is 5.97 Å². The summed E-state index contributed by atoms with van der Waals surface area (Å²) >= 11 is 0. The van der Waals surface area contributed by atoms with Crippen molar-refractivity contribution >= 4 is 16.9 Å². The van der Waals surface area contributed by atoms with Crippen LogP contribution in [0.3, 0.4) is 0 Å². The van der Waals surface area contributed by atoms with E-state index in [1.165, 1.54) is 0 Å². The Hall–Kier alpha value is -3.41. The maximum atomic E-state index is 11.8. The summed E-state index contributed by atoms with van der Waals surface area (Å²) in [4.78, 5) is 11.8. The summed E-state index contributed by atoms with van der Waals surface area (Å²) in [5, 5.41) is 0.892. The maximum absolute atomic E-state index is 11.8. The minimum Gasteiger partial charge on any atom is -0.486 e. The van der Waals surface area contributed by atoms with Crippen molar-refractivity contribution in [3.63, 3.8) is 0 Å². The summed E-state index contributed by atoms with van der Waals surface area (Å²) in [6, 6.07) is 12.5. The van der Waals surface area contributed by atoms with Gasteiger partial charge < -0.3 is 22.7 Å². The highest BCUT2D eigenvalue weighted by Crippen LogP contribution is 2.33. The molecule has 0 amide bonds. The number of benzene rings is 1. The van der Waals surface area contributed by atoms with Crippen molar-refractivity contribution in [2.45, 2.75) is 26.6 Å². The summed E-state index contributed by atoms with van der Waals surface area (Å²) in [6.07, 6.45) is 3.08. The Morgan fingerprint density at radius 2 is 2.00 bits per heavy atom. The predicted molar refractivity (Wildman–Crippen MR) is 97.5 cm³/mol. The molecule has 0 fully saturated rings. The first-order chi connectivity index (χ1) is 13.1. The van der Waals surface area contributed by atoms with E-state index in [9.17, 15) is 4.79 Å². The Morgan fingerprint density at radius 1 is 1.11 bits per heavy atom. The molecule has 0 aliphatic carbocycles. The van der Waals surface area contributed by atoms with E-state index in [1.54, 1.807) is 38.5 Å². The van der Waals surface area contributed by atoms with E-state index >= 15 is 0 Å². The number of esters is 1. The van der Waals surface area contributed by atoms with E-state index in [0.29, 0.717) is 11.5 Å². The van der Waals surface area contributed by atoms with Crippen LogP contribution in [0, 0.1) is 0 Å². The molecule has 0 saturated heterocycles. The topological polar surface area (TPSA) is 75.0 Å². The summed E-state index contributed by atoms with van der Waals surface area (Å²) in [6.45, 7) is 3.76. The number of fused-ring (bicyclic) bond motifs is 1. The van der Waals surface area contributed by atoms with Crippen LogP contribution in [0.2, 0.25) is 0 Å². The molecule has 4 aromatic rings. The monoisotopic (exact) mass is 366 g/mol. The Kier molecular flexibility index (Phi) is 4.46. The molecule has 6 heteroatoms. The molecule has 3 aromatic heterocycles. The van der Waals surface area contributed by atoms with Crippen LogP contribution < -0.4 is 4.74 Å². The minimum atomic E-state index is -0.487. The molecule has 27 heavy (non-hydrogen) atoms. The van der Waals surface area contributed by atoms with Gasteiger partial charge in [-0.15, -0.1) is 0 Å². The van der Waals surface area contributed by atoms with Crippen molar-refractivity contribution in [1.82, 2.24) is 0 Å². The molecule has 0 saturated carbocycles. The molecule has 1 aromatic carbocycles.